The smallest absolute Gasteiger partial charge is 0.120 e. The van der Waals surface area contributed by atoms with E-state index in [0.29, 0.717) is 19.8 Å². The molecule has 2 N–H and O–H groups in total. The van der Waals surface area contributed by atoms with Crippen LogP contribution in [0.15, 0.2) is 36.4 Å². The fourth-order valence-corrected chi connectivity index (χ4v) is 1.69. The average molecular weight is 248 g/mol. The van der Waals surface area contributed by atoms with Gasteiger partial charge in [-0.1, -0.05) is 12.1 Å². The molecular formula is C14H16O4. The Labute approximate surface area is 105 Å². The van der Waals surface area contributed by atoms with Crippen LogP contribution < -0.4 is 4.74 Å². The van der Waals surface area contributed by atoms with Crippen LogP contribution in [0.5, 0.6) is 11.5 Å². The third-order valence-corrected chi connectivity index (χ3v) is 2.53. The first kappa shape index (κ1) is 12.7. The summed E-state index contributed by atoms with van der Waals surface area (Å²) >= 11 is 0. The zero-order valence-corrected chi connectivity index (χ0v) is 10.0. The monoisotopic (exact) mass is 248 g/mol. The van der Waals surface area contributed by atoms with E-state index < -0.39 is 0 Å². The molecule has 0 spiro atoms. The predicted octanol–water partition coefficient (Wildman–Crippen LogP) is 1.93. The summed E-state index contributed by atoms with van der Waals surface area (Å²) in [4.78, 5) is 0. The molecule has 2 rings (SSSR count). The molecule has 0 radical (unpaired) electrons. The Balaban J connectivity index is 1.97. The first-order chi connectivity index (χ1) is 8.79. The van der Waals surface area contributed by atoms with Crippen molar-refractivity contribution in [3.8, 4) is 11.5 Å². The Kier molecular flexibility index (Phi) is 4.39. The number of phenolic OH excluding ortho intramolecular Hbond substituents is 1. The summed E-state index contributed by atoms with van der Waals surface area (Å²) in [6, 6.07) is 10.9. The summed E-state index contributed by atoms with van der Waals surface area (Å²) in [7, 11) is 0. The van der Waals surface area contributed by atoms with Gasteiger partial charge in [0.05, 0.1) is 19.8 Å². The molecule has 0 aromatic heterocycles. The number of phenols is 1. The second-order valence-corrected chi connectivity index (χ2v) is 3.88. The molecule has 18 heavy (non-hydrogen) atoms. The summed E-state index contributed by atoms with van der Waals surface area (Å²) in [5, 5.41) is 19.9. The van der Waals surface area contributed by atoms with Gasteiger partial charge in [0.15, 0.2) is 0 Å². The lowest BCUT2D eigenvalue weighted by Gasteiger charge is -2.07. The van der Waals surface area contributed by atoms with Gasteiger partial charge >= 0.3 is 0 Å². The van der Waals surface area contributed by atoms with Gasteiger partial charge in [-0.25, -0.2) is 0 Å². The number of aliphatic hydroxyl groups excluding tert-OH is 1. The molecule has 2 aromatic carbocycles. The van der Waals surface area contributed by atoms with E-state index >= 15 is 0 Å². The van der Waals surface area contributed by atoms with E-state index in [9.17, 15) is 5.11 Å². The van der Waals surface area contributed by atoms with Crippen molar-refractivity contribution in [3.63, 3.8) is 0 Å². The molecule has 0 heterocycles. The van der Waals surface area contributed by atoms with Gasteiger partial charge in [-0.05, 0) is 35.0 Å². The second kappa shape index (κ2) is 6.23. The summed E-state index contributed by atoms with van der Waals surface area (Å²) < 4.78 is 10.6. The predicted molar refractivity (Wildman–Crippen MR) is 69.0 cm³/mol. The highest BCUT2D eigenvalue weighted by Gasteiger charge is 1.99. The first-order valence-electron chi connectivity index (χ1n) is 5.84. The van der Waals surface area contributed by atoms with Gasteiger partial charge in [0, 0.05) is 0 Å². The Morgan fingerprint density at radius 3 is 2.56 bits per heavy atom. The standard InChI is InChI=1S/C14H16O4/c15-5-6-17-7-8-18-14-4-2-11-1-3-13(16)9-12(11)10-14/h1-4,9-10,15-16H,5-8H2. The zero-order valence-electron chi connectivity index (χ0n) is 10.0. The fourth-order valence-electron chi connectivity index (χ4n) is 1.69. The Morgan fingerprint density at radius 2 is 1.72 bits per heavy atom. The number of fused-ring (bicyclic) bond motifs is 1. The number of hydrogen-bond acceptors (Lipinski definition) is 4. The second-order valence-electron chi connectivity index (χ2n) is 3.88. The van der Waals surface area contributed by atoms with Crippen molar-refractivity contribution in [1.29, 1.82) is 0 Å². The maximum atomic E-state index is 9.41. The van der Waals surface area contributed by atoms with E-state index in [1.807, 2.05) is 24.3 Å². The first-order valence-corrected chi connectivity index (χ1v) is 5.84. The third-order valence-electron chi connectivity index (χ3n) is 2.53. The van der Waals surface area contributed by atoms with Gasteiger partial charge < -0.3 is 19.7 Å². The Bertz CT molecular complexity index is 510. The van der Waals surface area contributed by atoms with E-state index in [1.165, 1.54) is 0 Å². The highest BCUT2D eigenvalue weighted by Crippen LogP contribution is 2.24. The number of ether oxygens (including phenoxy) is 2. The summed E-state index contributed by atoms with van der Waals surface area (Å²) in [6.45, 7) is 1.23. The van der Waals surface area contributed by atoms with Crippen LogP contribution in [-0.2, 0) is 4.74 Å². The molecule has 0 aliphatic carbocycles. The van der Waals surface area contributed by atoms with Crippen LogP contribution in [0.4, 0.5) is 0 Å². The highest BCUT2D eigenvalue weighted by atomic mass is 16.5. The van der Waals surface area contributed by atoms with Crippen molar-refractivity contribution in [2.45, 2.75) is 0 Å². The number of benzene rings is 2. The summed E-state index contributed by atoms with van der Waals surface area (Å²) in [5.41, 5.74) is 0. The number of rotatable bonds is 6. The molecule has 0 amide bonds. The van der Waals surface area contributed by atoms with E-state index in [2.05, 4.69) is 0 Å². The number of aliphatic hydroxyl groups is 1. The molecule has 0 fully saturated rings. The zero-order chi connectivity index (χ0) is 12.8. The minimum absolute atomic E-state index is 0.0231. The fraction of sp³-hybridized carbons (Fsp3) is 0.286. The Morgan fingerprint density at radius 1 is 0.889 bits per heavy atom. The topological polar surface area (TPSA) is 58.9 Å². The normalized spacial score (nSPS) is 10.7. The van der Waals surface area contributed by atoms with Crippen LogP contribution >= 0.6 is 0 Å². The maximum Gasteiger partial charge on any atom is 0.120 e. The van der Waals surface area contributed by atoms with Crippen molar-refractivity contribution in [1.82, 2.24) is 0 Å². The van der Waals surface area contributed by atoms with E-state index in [4.69, 9.17) is 14.6 Å². The van der Waals surface area contributed by atoms with Crippen molar-refractivity contribution in [2.75, 3.05) is 26.4 Å². The molecule has 4 heteroatoms. The van der Waals surface area contributed by atoms with Crippen LogP contribution in [0.25, 0.3) is 10.8 Å². The van der Waals surface area contributed by atoms with Gasteiger partial charge in [-0.15, -0.1) is 0 Å². The molecular weight excluding hydrogens is 232 g/mol. The molecule has 0 saturated heterocycles. The van der Waals surface area contributed by atoms with Crippen LogP contribution in [0.3, 0.4) is 0 Å². The quantitative estimate of drug-likeness (QED) is 0.767. The summed E-state index contributed by atoms with van der Waals surface area (Å²) in [5.74, 6) is 0.978. The minimum atomic E-state index is 0.0231. The lowest BCUT2D eigenvalue weighted by atomic mass is 10.1. The van der Waals surface area contributed by atoms with E-state index in [0.717, 1.165) is 16.5 Å². The minimum Gasteiger partial charge on any atom is -0.508 e. The third kappa shape index (κ3) is 3.35. The molecule has 0 unspecified atom stereocenters. The van der Waals surface area contributed by atoms with Gasteiger partial charge in [0.1, 0.15) is 18.1 Å². The molecule has 0 atom stereocenters. The summed E-state index contributed by atoms with van der Waals surface area (Å²) in [6.07, 6.45) is 0. The number of aromatic hydroxyl groups is 1. The van der Waals surface area contributed by atoms with Crippen molar-refractivity contribution < 1.29 is 19.7 Å². The molecule has 2 aromatic rings. The highest BCUT2D eigenvalue weighted by molar-refractivity contribution is 5.85. The van der Waals surface area contributed by atoms with Gasteiger partial charge in [-0.3, -0.25) is 0 Å². The van der Waals surface area contributed by atoms with Crippen molar-refractivity contribution in [2.24, 2.45) is 0 Å². The van der Waals surface area contributed by atoms with Crippen molar-refractivity contribution >= 4 is 10.8 Å². The lowest BCUT2D eigenvalue weighted by molar-refractivity contribution is 0.0705. The van der Waals surface area contributed by atoms with Gasteiger partial charge in [0.2, 0.25) is 0 Å². The average Bonchev–Trinajstić information content (AvgIpc) is 2.38. The maximum absolute atomic E-state index is 9.41. The van der Waals surface area contributed by atoms with E-state index in [-0.39, 0.29) is 12.4 Å². The molecule has 0 aliphatic rings. The van der Waals surface area contributed by atoms with Crippen LogP contribution in [0.1, 0.15) is 0 Å². The van der Waals surface area contributed by atoms with Crippen LogP contribution in [-0.4, -0.2) is 36.6 Å². The van der Waals surface area contributed by atoms with Crippen LogP contribution in [0, 0.1) is 0 Å². The lowest BCUT2D eigenvalue weighted by Crippen LogP contribution is -2.09. The molecule has 4 nitrogen and oxygen atoms in total. The molecule has 0 aliphatic heterocycles. The largest absolute Gasteiger partial charge is 0.508 e. The Hall–Kier alpha value is -1.78. The molecule has 96 valence electrons. The number of hydrogen-bond donors (Lipinski definition) is 2. The van der Waals surface area contributed by atoms with Gasteiger partial charge in [-0.2, -0.15) is 0 Å². The van der Waals surface area contributed by atoms with Gasteiger partial charge in [0.25, 0.3) is 0 Å². The van der Waals surface area contributed by atoms with E-state index in [1.54, 1.807) is 12.1 Å². The molecule has 0 saturated carbocycles. The van der Waals surface area contributed by atoms with Crippen LogP contribution in [0.2, 0.25) is 0 Å². The van der Waals surface area contributed by atoms with Crippen molar-refractivity contribution in [3.05, 3.63) is 36.4 Å². The molecule has 0 bridgehead atoms. The SMILES string of the molecule is OCCOCCOc1ccc2ccc(O)cc2c1.